The number of nitrogens with one attached hydrogen (secondary N) is 2. The number of carbonyl (C=O) groups excluding carboxylic acids is 2. The summed E-state index contributed by atoms with van der Waals surface area (Å²) in [5.41, 5.74) is 1.30. The molecule has 0 aromatic rings. The summed E-state index contributed by atoms with van der Waals surface area (Å²) >= 11 is 0. The molecule has 6 heteroatoms. The van der Waals surface area contributed by atoms with Gasteiger partial charge in [-0.1, -0.05) is 48.8 Å². The summed E-state index contributed by atoms with van der Waals surface area (Å²) in [5.74, 6) is -1.75. The number of allylic oxidation sites excluding steroid dienone is 6. The number of carbonyl (C=O) groups is 3. The van der Waals surface area contributed by atoms with Gasteiger partial charge in [-0.25, -0.2) is 4.79 Å². The molecule has 2 unspecified atom stereocenters. The molecule has 2 bridgehead atoms. The lowest BCUT2D eigenvalue weighted by atomic mass is 9.92. The Morgan fingerprint density at radius 1 is 1.04 bits per heavy atom. The smallest absolute Gasteiger partial charge is 0.326 e. The average molecular weight is 360 g/mol. The lowest BCUT2D eigenvalue weighted by Gasteiger charge is -2.20. The van der Waals surface area contributed by atoms with E-state index in [1.807, 2.05) is 18.2 Å². The lowest BCUT2D eigenvalue weighted by Crippen LogP contribution is -2.46. The number of carboxylic acids is 1. The Morgan fingerprint density at radius 2 is 1.81 bits per heavy atom. The summed E-state index contributed by atoms with van der Waals surface area (Å²) in [6, 6.07) is -0.983. The van der Waals surface area contributed by atoms with Gasteiger partial charge in [0, 0.05) is 6.42 Å². The summed E-state index contributed by atoms with van der Waals surface area (Å²) in [4.78, 5) is 35.3. The third kappa shape index (κ3) is 7.25. The van der Waals surface area contributed by atoms with Crippen molar-refractivity contribution in [3.63, 3.8) is 0 Å². The van der Waals surface area contributed by atoms with E-state index in [9.17, 15) is 19.5 Å². The second-order valence-corrected chi connectivity index (χ2v) is 6.89. The van der Waals surface area contributed by atoms with Crippen LogP contribution in [0, 0.1) is 5.92 Å². The predicted octanol–water partition coefficient (Wildman–Crippen LogP) is 2.47. The van der Waals surface area contributed by atoms with Gasteiger partial charge in [-0.3, -0.25) is 9.59 Å². The number of rotatable bonds is 1. The van der Waals surface area contributed by atoms with Gasteiger partial charge in [-0.2, -0.15) is 0 Å². The van der Waals surface area contributed by atoms with Crippen LogP contribution in [0.25, 0.3) is 0 Å². The zero-order valence-electron chi connectivity index (χ0n) is 15.1. The molecule has 0 saturated carbocycles. The van der Waals surface area contributed by atoms with Gasteiger partial charge in [0.25, 0.3) is 0 Å². The van der Waals surface area contributed by atoms with Gasteiger partial charge in [-0.05, 0) is 38.0 Å². The van der Waals surface area contributed by atoms with Crippen molar-refractivity contribution in [3.8, 4) is 0 Å². The van der Waals surface area contributed by atoms with E-state index >= 15 is 0 Å². The third-order valence-corrected chi connectivity index (χ3v) is 4.67. The second kappa shape index (κ2) is 10.6. The first kappa shape index (κ1) is 19.9. The molecule has 2 aliphatic rings. The first-order chi connectivity index (χ1) is 12.5. The van der Waals surface area contributed by atoms with Gasteiger partial charge < -0.3 is 15.7 Å². The van der Waals surface area contributed by atoms with Crippen LogP contribution in [-0.4, -0.2) is 35.5 Å². The molecule has 0 aromatic carbocycles. The van der Waals surface area contributed by atoms with Crippen LogP contribution < -0.4 is 10.6 Å². The molecule has 2 atom stereocenters. The fourth-order valence-corrected chi connectivity index (χ4v) is 3.26. The van der Waals surface area contributed by atoms with Gasteiger partial charge in [0.05, 0.1) is 6.54 Å². The van der Waals surface area contributed by atoms with Crippen LogP contribution in [0.2, 0.25) is 0 Å². The SMILES string of the molecule is O=C1CCCCCC/C2=C/C(C=C/C=C\C2)CC(C(=O)O)NC(=O)CN1. The van der Waals surface area contributed by atoms with E-state index in [1.54, 1.807) is 0 Å². The molecule has 0 fully saturated rings. The van der Waals surface area contributed by atoms with Gasteiger partial charge in [0.15, 0.2) is 0 Å². The van der Waals surface area contributed by atoms with Crippen LogP contribution >= 0.6 is 0 Å². The minimum atomic E-state index is -1.06. The Hall–Kier alpha value is -2.37. The zero-order chi connectivity index (χ0) is 18.8. The summed E-state index contributed by atoms with van der Waals surface area (Å²) in [6.07, 6.45) is 16.6. The van der Waals surface area contributed by atoms with E-state index in [0.29, 0.717) is 12.8 Å². The number of aliphatic carboxylic acids is 1. The van der Waals surface area contributed by atoms with Crippen molar-refractivity contribution < 1.29 is 19.5 Å². The molecule has 0 radical (unpaired) electrons. The third-order valence-electron chi connectivity index (χ3n) is 4.67. The maximum absolute atomic E-state index is 12.0. The van der Waals surface area contributed by atoms with E-state index < -0.39 is 17.9 Å². The van der Waals surface area contributed by atoms with Crippen LogP contribution in [0.15, 0.2) is 36.0 Å². The largest absolute Gasteiger partial charge is 0.480 e. The van der Waals surface area contributed by atoms with E-state index in [0.717, 1.165) is 38.5 Å². The van der Waals surface area contributed by atoms with Gasteiger partial charge in [-0.15, -0.1) is 0 Å². The van der Waals surface area contributed by atoms with E-state index in [4.69, 9.17) is 0 Å². The molecule has 0 saturated heterocycles. The van der Waals surface area contributed by atoms with E-state index in [1.165, 1.54) is 5.57 Å². The molecule has 6 nitrogen and oxygen atoms in total. The molecular formula is C20H28N2O4. The predicted molar refractivity (Wildman–Crippen MR) is 99.4 cm³/mol. The minimum absolute atomic E-state index is 0.0427. The maximum Gasteiger partial charge on any atom is 0.326 e. The van der Waals surface area contributed by atoms with Crippen molar-refractivity contribution in [1.29, 1.82) is 0 Å². The standard InChI is InChI=1S/C20H28N2O4/c23-18-11-7-2-1-4-8-15-9-5-3-6-10-16(12-15)13-17(20(25)26)22-19(24)14-21-18/h3,5-6,10,12,16-17H,1-2,4,7-9,11,13-14H2,(H,21,23)(H,22,24)(H,25,26)/b5-3-,10-6?,15-12-. The van der Waals surface area contributed by atoms with Crippen molar-refractivity contribution >= 4 is 17.8 Å². The van der Waals surface area contributed by atoms with Gasteiger partial charge in [0.2, 0.25) is 11.8 Å². The molecule has 2 rings (SSSR count). The quantitative estimate of drug-likeness (QED) is 0.626. The molecule has 0 aromatic heterocycles. The number of hydrogen-bond acceptors (Lipinski definition) is 3. The molecule has 0 spiro atoms. The molecule has 3 N–H and O–H groups in total. The Kier molecular flexibility index (Phi) is 8.12. The Morgan fingerprint density at radius 3 is 2.58 bits per heavy atom. The molecule has 1 heterocycles. The highest BCUT2D eigenvalue weighted by Gasteiger charge is 2.23. The van der Waals surface area contributed by atoms with Crippen LogP contribution in [0.3, 0.4) is 0 Å². The Bertz CT molecular complexity index is 607. The lowest BCUT2D eigenvalue weighted by molar-refractivity contribution is -0.142. The summed E-state index contributed by atoms with van der Waals surface area (Å²) in [7, 11) is 0. The fraction of sp³-hybridized carbons (Fsp3) is 0.550. The second-order valence-electron chi connectivity index (χ2n) is 6.89. The monoisotopic (exact) mass is 360 g/mol. The van der Waals surface area contributed by atoms with Crippen molar-refractivity contribution in [2.75, 3.05) is 6.54 Å². The summed E-state index contributed by atoms with van der Waals surface area (Å²) in [6.45, 7) is -0.188. The molecule has 1 aliphatic heterocycles. The van der Waals surface area contributed by atoms with Gasteiger partial charge in [0.1, 0.15) is 6.04 Å². The minimum Gasteiger partial charge on any atom is -0.480 e. The number of amides is 2. The summed E-state index contributed by atoms with van der Waals surface area (Å²) in [5, 5.41) is 14.5. The van der Waals surface area contributed by atoms with Crippen molar-refractivity contribution in [3.05, 3.63) is 36.0 Å². The zero-order valence-corrected chi connectivity index (χ0v) is 15.1. The number of hydrogen-bond donors (Lipinski definition) is 3. The van der Waals surface area contributed by atoms with Crippen molar-refractivity contribution in [2.45, 2.75) is 57.4 Å². The molecule has 142 valence electrons. The van der Waals surface area contributed by atoms with Crippen LogP contribution in [0.5, 0.6) is 0 Å². The number of fused-ring (bicyclic) bond motifs is 1. The van der Waals surface area contributed by atoms with Crippen LogP contribution in [-0.2, 0) is 14.4 Å². The van der Waals surface area contributed by atoms with E-state index in [-0.39, 0.29) is 18.4 Å². The Labute approximate surface area is 154 Å². The molecule has 26 heavy (non-hydrogen) atoms. The van der Waals surface area contributed by atoms with Crippen molar-refractivity contribution in [2.24, 2.45) is 5.92 Å². The first-order valence-electron chi connectivity index (χ1n) is 9.36. The number of carboxylic acid groups (broad SMARTS) is 1. The van der Waals surface area contributed by atoms with Crippen LogP contribution in [0.4, 0.5) is 0 Å². The Balaban J connectivity index is 2.14. The highest BCUT2D eigenvalue weighted by atomic mass is 16.4. The topological polar surface area (TPSA) is 95.5 Å². The fourth-order valence-electron chi connectivity index (χ4n) is 3.26. The highest BCUT2D eigenvalue weighted by molar-refractivity contribution is 5.87. The van der Waals surface area contributed by atoms with Gasteiger partial charge >= 0.3 is 5.97 Å². The highest BCUT2D eigenvalue weighted by Crippen LogP contribution is 2.22. The summed E-state index contributed by atoms with van der Waals surface area (Å²) < 4.78 is 0. The average Bonchev–Trinajstić information content (AvgIpc) is 2.57. The molecular weight excluding hydrogens is 332 g/mol. The maximum atomic E-state index is 12.0. The van der Waals surface area contributed by atoms with Crippen molar-refractivity contribution in [1.82, 2.24) is 10.6 Å². The van der Waals surface area contributed by atoms with Crippen LogP contribution in [0.1, 0.15) is 51.4 Å². The van der Waals surface area contributed by atoms with E-state index in [2.05, 4.69) is 22.8 Å². The normalized spacial score (nSPS) is 29.3. The molecule has 1 aliphatic carbocycles. The molecule has 2 amide bonds. The first-order valence-corrected chi connectivity index (χ1v) is 9.36.